The van der Waals surface area contributed by atoms with E-state index in [1.54, 1.807) is 11.0 Å². The van der Waals surface area contributed by atoms with Crippen molar-refractivity contribution in [1.82, 2.24) is 4.90 Å². The van der Waals surface area contributed by atoms with Gasteiger partial charge in [0.1, 0.15) is 4.32 Å². The third kappa shape index (κ3) is 2.45. The van der Waals surface area contributed by atoms with E-state index in [1.807, 2.05) is 6.08 Å². The smallest absolute Gasteiger partial charge is 0.266 e. The first-order chi connectivity index (χ1) is 9.69. The molecule has 1 fully saturated rings. The van der Waals surface area contributed by atoms with Crippen LogP contribution in [0.3, 0.4) is 0 Å². The molecule has 3 rings (SSSR count). The van der Waals surface area contributed by atoms with Crippen LogP contribution in [0, 0.1) is 0 Å². The Balaban J connectivity index is 1.87. The van der Waals surface area contributed by atoms with Crippen LogP contribution in [-0.4, -0.2) is 21.7 Å². The molecular weight excluding hydrogens is 286 g/mol. The van der Waals surface area contributed by atoms with Gasteiger partial charge in [-0.3, -0.25) is 9.69 Å². The molecule has 102 valence electrons. The highest BCUT2D eigenvalue weighted by atomic mass is 32.2. The van der Waals surface area contributed by atoms with Gasteiger partial charge < -0.3 is 0 Å². The minimum Gasteiger partial charge on any atom is -0.289 e. The predicted octanol–water partition coefficient (Wildman–Crippen LogP) is 3.56. The van der Waals surface area contributed by atoms with Crippen LogP contribution < -0.4 is 0 Å². The molecule has 0 atom stereocenters. The van der Waals surface area contributed by atoms with E-state index >= 15 is 0 Å². The van der Waals surface area contributed by atoms with Gasteiger partial charge in [-0.1, -0.05) is 48.3 Å². The summed E-state index contributed by atoms with van der Waals surface area (Å²) in [5.41, 5.74) is 3.95. The van der Waals surface area contributed by atoms with E-state index in [0.29, 0.717) is 15.8 Å². The number of benzene rings is 1. The molecule has 1 aromatic carbocycles. The molecule has 0 aromatic heterocycles. The van der Waals surface area contributed by atoms with Crippen molar-refractivity contribution in [2.24, 2.45) is 0 Å². The summed E-state index contributed by atoms with van der Waals surface area (Å²) in [5, 5.41) is 0. The Morgan fingerprint density at radius 3 is 2.95 bits per heavy atom. The van der Waals surface area contributed by atoms with Crippen molar-refractivity contribution in [2.75, 3.05) is 6.54 Å². The number of thiocarbonyl (C=S) groups is 1. The van der Waals surface area contributed by atoms with Crippen LogP contribution in [0.5, 0.6) is 0 Å². The zero-order valence-electron chi connectivity index (χ0n) is 11.1. The van der Waals surface area contributed by atoms with Gasteiger partial charge in [0.2, 0.25) is 0 Å². The lowest BCUT2D eigenvalue weighted by atomic mass is 10.1. The number of thioether (sulfide) groups is 1. The van der Waals surface area contributed by atoms with E-state index in [4.69, 9.17) is 12.2 Å². The number of amides is 1. The molecular formula is C16H15NOS2. The van der Waals surface area contributed by atoms with Crippen molar-refractivity contribution < 1.29 is 4.79 Å². The lowest BCUT2D eigenvalue weighted by molar-refractivity contribution is -0.121. The molecule has 0 N–H and O–H groups in total. The van der Waals surface area contributed by atoms with Gasteiger partial charge in [0.05, 0.1) is 4.91 Å². The second-order valence-electron chi connectivity index (χ2n) is 4.96. The third-order valence-corrected chi connectivity index (χ3v) is 4.98. The second-order valence-corrected chi connectivity index (χ2v) is 6.64. The Morgan fingerprint density at radius 1 is 1.35 bits per heavy atom. The molecule has 1 aliphatic heterocycles. The van der Waals surface area contributed by atoms with Gasteiger partial charge >= 0.3 is 0 Å². The Hall–Kier alpha value is -1.39. The number of rotatable bonds is 3. The highest BCUT2D eigenvalue weighted by molar-refractivity contribution is 8.26. The van der Waals surface area contributed by atoms with E-state index in [1.165, 1.54) is 35.7 Å². The van der Waals surface area contributed by atoms with Crippen LogP contribution in [0.1, 0.15) is 23.1 Å². The topological polar surface area (TPSA) is 20.3 Å². The maximum absolute atomic E-state index is 12.2. The summed E-state index contributed by atoms with van der Waals surface area (Å²) >= 11 is 6.61. The van der Waals surface area contributed by atoms with Gasteiger partial charge in [-0.15, -0.1) is 6.58 Å². The molecule has 20 heavy (non-hydrogen) atoms. The standard InChI is InChI=1S/C16H15NOS2/c1-2-8-17-15(18)14(20-16(17)19)10-11-6-7-12-4-3-5-13(12)9-11/h2,6-7,9-10H,1,3-5,8H2. The summed E-state index contributed by atoms with van der Waals surface area (Å²) in [5.74, 6) is -0.0135. The summed E-state index contributed by atoms with van der Waals surface area (Å²) < 4.78 is 0.613. The zero-order valence-corrected chi connectivity index (χ0v) is 12.7. The molecule has 0 saturated carbocycles. The molecule has 0 bridgehead atoms. The predicted molar refractivity (Wildman–Crippen MR) is 88.5 cm³/mol. The van der Waals surface area contributed by atoms with Gasteiger partial charge in [-0.25, -0.2) is 0 Å². The largest absolute Gasteiger partial charge is 0.289 e. The highest BCUT2D eigenvalue weighted by Gasteiger charge is 2.30. The lowest BCUT2D eigenvalue weighted by Crippen LogP contribution is -2.27. The highest BCUT2D eigenvalue weighted by Crippen LogP contribution is 2.33. The second kappa shape index (κ2) is 5.54. The first-order valence-electron chi connectivity index (χ1n) is 6.67. The first-order valence-corrected chi connectivity index (χ1v) is 7.89. The van der Waals surface area contributed by atoms with Crippen molar-refractivity contribution in [1.29, 1.82) is 0 Å². The van der Waals surface area contributed by atoms with Crippen LogP contribution in [0.4, 0.5) is 0 Å². The summed E-state index contributed by atoms with van der Waals surface area (Å²) in [4.78, 5) is 14.5. The minimum atomic E-state index is -0.0135. The van der Waals surface area contributed by atoms with Crippen LogP contribution in [0.15, 0.2) is 35.8 Å². The molecule has 1 amide bonds. The third-order valence-electron chi connectivity index (χ3n) is 3.61. The lowest BCUT2D eigenvalue weighted by Gasteiger charge is -2.10. The maximum Gasteiger partial charge on any atom is 0.266 e. The number of aryl methyl sites for hydroxylation is 2. The van der Waals surface area contributed by atoms with Crippen molar-refractivity contribution >= 4 is 40.3 Å². The molecule has 0 spiro atoms. The van der Waals surface area contributed by atoms with Gasteiger partial charge in [0.25, 0.3) is 5.91 Å². The Labute approximate surface area is 128 Å². The summed E-state index contributed by atoms with van der Waals surface area (Å²) in [7, 11) is 0. The summed E-state index contributed by atoms with van der Waals surface area (Å²) in [6.07, 6.45) is 7.20. The molecule has 0 unspecified atom stereocenters. The molecule has 1 saturated heterocycles. The number of carbonyl (C=O) groups is 1. The molecule has 1 heterocycles. The quantitative estimate of drug-likeness (QED) is 0.484. The van der Waals surface area contributed by atoms with Gasteiger partial charge in [0.15, 0.2) is 0 Å². The molecule has 1 aliphatic carbocycles. The van der Waals surface area contributed by atoms with E-state index in [0.717, 1.165) is 12.0 Å². The molecule has 2 nitrogen and oxygen atoms in total. The van der Waals surface area contributed by atoms with Crippen molar-refractivity contribution in [3.05, 3.63) is 52.4 Å². The van der Waals surface area contributed by atoms with E-state index in [9.17, 15) is 4.79 Å². The zero-order chi connectivity index (χ0) is 14.1. The molecule has 4 heteroatoms. The van der Waals surface area contributed by atoms with Gasteiger partial charge in [-0.05, 0) is 42.0 Å². The number of nitrogens with zero attached hydrogens (tertiary/aromatic N) is 1. The van der Waals surface area contributed by atoms with Crippen molar-refractivity contribution in [2.45, 2.75) is 19.3 Å². The van der Waals surface area contributed by atoms with E-state index in [-0.39, 0.29) is 5.91 Å². The van der Waals surface area contributed by atoms with Crippen LogP contribution in [0.25, 0.3) is 6.08 Å². The fraction of sp³-hybridized carbons (Fsp3) is 0.250. The number of carbonyl (C=O) groups excluding carboxylic acids is 1. The number of hydrogen-bond acceptors (Lipinski definition) is 3. The number of hydrogen-bond donors (Lipinski definition) is 0. The first kappa shape index (κ1) is 13.6. The molecule has 2 aliphatic rings. The van der Waals surface area contributed by atoms with Crippen LogP contribution in [0.2, 0.25) is 0 Å². The molecule has 0 radical (unpaired) electrons. The van der Waals surface area contributed by atoms with Crippen LogP contribution in [-0.2, 0) is 17.6 Å². The Bertz CT molecular complexity index is 633. The SMILES string of the molecule is C=CCN1C(=O)C(=Cc2ccc3c(c2)CCC3)SC1=S. The monoisotopic (exact) mass is 301 g/mol. The Morgan fingerprint density at radius 2 is 2.15 bits per heavy atom. The van der Waals surface area contributed by atoms with Crippen molar-refractivity contribution in [3.8, 4) is 0 Å². The maximum atomic E-state index is 12.2. The summed E-state index contributed by atoms with van der Waals surface area (Å²) in [6.45, 7) is 4.14. The average molecular weight is 301 g/mol. The molecule has 1 aromatic rings. The van der Waals surface area contributed by atoms with Gasteiger partial charge in [-0.2, -0.15) is 0 Å². The summed E-state index contributed by atoms with van der Waals surface area (Å²) in [6, 6.07) is 6.46. The van der Waals surface area contributed by atoms with Crippen LogP contribution >= 0.6 is 24.0 Å². The normalized spacial score (nSPS) is 19.8. The van der Waals surface area contributed by atoms with E-state index < -0.39 is 0 Å². The Kier molecular flexibility index (Phi) is 3.76. The minimum absolute atomic E-state index is 0.0135. The van der Waals surface area contributed by atoms with Gasteiger partial charge in [0, 0.05) is 6.54 Å². The van der Waals surface area contributed by atoms with Crippen molar-refractivity contribution in [3.63, 3.8) is 0 Å². The average Bonchev–Trinajstić information content (AvgIpc) is 2.99. The number of fused-ring (bicyclic) bond motifs is 1. The van der Waals surface area contributed by atoms with E-state index in [2.05, 4.69) is 24.8 Å². The fourth-order valence-electron chi connectivity index (χ4n) is 2.62. The fourth-order valence-corrected chi connectivity index (χ4v) is 3.89.